The molecular formula is C16H31NO. The van der Waals surface area contributed by atoms with Crippen LogP contribution in [0.4, 0.5) is 0 Å². The lowest BCUT2D eigenvalue weighted by Crippen LogP contribution is -2.42. The molecule has 2 rings (SSSR count). The molecule has 4 atom stereocenters. The Morgan fingerprint density at radius 3 is 2.78 bits per heavy atom. The zero-order valence-electron chi connectivity index (χ0n) is 12.3. The molecule has 2 heteroatoms. The van der Waals surface area contributed by atoms with Gasteiger partial charge >= 0.3 is 0 Å². The maximum absolute atomic E-state index is 10.2. The second kappa shape index (κ2) is 6.91. The molecule has 1 saturated carbocycles. The highest BCUT2D eigenvalue weighted by atomic mass is 16.3. The summed E-state index contributed by atoms with van der Waals surface area (Å²) in [7, 11) is 0. The van der Waals surface area contributed by atoms with Crippen LogP contribution in [0.3, 0.4) is 0 Å². The van der Waals surface area contributed by atoms with Gasteiger partial charge in [-0.25, -0.2) is 0 Å². The van der Waals surface area contributed by atoms with Crippen molar-refractivity contribution in [1.29, 1.82) is 0 Å². The van der Waals surface area contributed by atoms with Crippen molar-refractivity contribution in [3.05, 3.63) is 0 Å². The van der Waals surface area contributed by atoms with Gasteiger partial charge < -0.3 is 10.0 Å². The number of aliphatic hydroxyl groups excluding tert-OH is 1. The Balaban J connectivity index is 1.82. The number of hydrogen-bond donors (Lipinski definition) is 1. The van der Waals surface area contributed by atoms with Crippen molar-refractivity contribution >= 4 is 0 Å². The van der Waals surface area contributed by atoms with E-state index in [9.17, 15) is 5.11 Å². The van der Waals surface area contributed by atoms with Gasteiger partial charge in [0, 0.05) is 13.1 Å². The van der Waals surface area contributed by atoms with E-state index < -0.39 is 0 Å². The first-order chi connectivity index (χ1) is 8.69. The third kappa shape index (κ3) is 3.96. The van der Waals surface area contributed by atoms with Crippen molar-refractivity contribution in [2.24, 2.45) is 17.8 Å². The monoisotopic (exact) mass is 253 g/mol. The van der Waals surface area contributed by atoms with Crippen LogP contribution in [-0.4, -0.2) is 35.7 Å². The van der Waals surface area contributed by atoms with Crippen LogP contribution in [-0.2, 0) is 0 Å². The van der Waals surface area contributed by atoms with E-state index in [1.165, 1.54) is 51.6 Å². The predicted octanol–water partition coefficient (Wildman–Crippen LogP) is 3.30. The number of rotatable bonds is 4. The predicted molar refractivity (Wildman–Crippen MR) is 76.6 cm³/mol. The van der Waals surface area contributed by atoms with Gasteiger partial charge in [-0.15, -0.1) is 0 Å². The molecular weight excluding hydrogens is 222 g/mol. The van der Waals surface area contributed by atoms with Gasteiger partial charge in [0.2, 0.25) is 0 Å². The van der Waals surface area contributed by atoms with Crippen LogP contribution in [0.5, 0.6) is 0 Å². The smallest absolute Gasteiger partial charge is 0.0580 e. The third-order valence-corrected chi connectivity index (χ3v) is 4.98. The summed E-state index contributed by atoms with van der Waals surface area (Å²) in [6.07, 6.45) is 8.93. The molecule has 2 fully saturated rings. The van der Waals surface area contributed by atoms with Crippen LogP contribution in [0, 0.1) is 17.8 Å². The molecule has 0 aromatic rings. The summed E-state index contributed by atoms with van der Waals surface area (Å²) < 4.78 is 0. The van der Waals surface area contributed by atoms with Gasteiger partial charge in [-0.05, 0) is 56.4 Å². The topological polar surface area (TPSA) is 23.5 Å². The first kappa shape index (κ1) is 14.3. The molecule has 1 N–H and O–H groups in total. The maximum Gasteiger partial charge on any atom is 0.0580 e. The number of hydrogen-bond acceptors (Lipinski definition) is 2. The summed E-state index contributed by atoms with van der Waals surface area (Å²) in [4.78, 5) is 2.61. The molecule has 0 spiro atoms. The van der Waals surface area contributed by atoms with Crippen LogP contribution in [0.25, 0.3) is 0 Å². The maximum atomic E-state index is 10.2. The lowest BCUT2D eigenvalue weighted by Gasteiger charge is -2.39. The molecule has 1 aliphatic heterocycles. The Kier molecular flexibility index (Phi) is 5.50. The highest BCUT2D eigenvalue weighted by Gasteiger charge is 2.30. The average Bonchev–Trinajstić information content (AvgIpc) is 2.34. The van der Waals surface area contributed by atoms with Crippen LogP contribution in [0.2, 0.25) is 0 Å². The van der Waals surface area contributed by atoms with Crippen molar-refractivity contribution in [2.75, 3.05) is 19.6 Å². The van der Waals surface area contributed by atoms with Gasteiger partial charge in [-0.1, -0.05) is 26.7 Å². The van der Waals surface area contributed by atoms with E-state index in [2.05, 4.69) is 18.7 Å². The minimum Gasteiger partial charge on any atom is -0.393 e. The molecule has 0 amide bonds. The molecule has 2 aliphatic rings. The van der Waals surface area contributed by atoms with E-state index in [-0.39, 0.29) is 6.10 Å². The Bertz CT molecular complexity index is 243. The normalized spacial score (nSPS) is 38.8. The second-order valence-electron chi connectivity index (χ2n) is 6.80. The Labute approximate surface area is 113 Å². The quantitative estimate of drug-likeness (QED) is 0.831. The van der Waals surface area contributed by atoms with Gasteiger partial charge in [0.25, 0.3) is 0 Å². The summed E-state index contributed by atoms with van der Waals surface area (Å²) >= 11 is 0. The summed E-state index contributed by atoms with van der Waals surface area (Å²) in [6.45, 7) is 8.30. The zero-order valence-corrected chi connectivity index (χ0v) is 12.3. The van der Waals surface area contributed by atoms with Gasteiger partial charge in [0.15, 0.2) is 0 Å². The number of aliphatic hydroxyl groups is 1. The molecule has 106 valence electrons. The van der Waals surface area contributed by atoms with Gasteiger partial charge in [-0.2, -0.15) is 0 Å². The Morgan fingerprint density at radius 1 is 1.22 bits per heavy atom. The van der Waals surface area contributed by atoms with E-state index in [4.69, 9.17) is 0 Å². The molecule has 0 bridgehead atoms. The minimum absolute atomic E-state index is 0.0321. The molecule has 4 unspecified atom stereocenters. The standard InChI is InChI=1S/C16H31NO/c1-3-5-14-7-8-16(18)15(10-14)12-17-9-4-6-13(2)11-17/h13-16,18H,3-12H2,1-2H3. The lowest BCUT2D eigenvalue weighted by atomic mass is 9.77. The highest BCUT2D eigenvalue weighted by Crippen LogP contribution is 2.33. The highest BCUT2D eigenvalue weighted by molar-refractivity contribution is 4.83. The van der Waals surface area contributed by atoms with E-state index >= 15 is 0 Å². The molecule has 2 nitrogen and oxygen atoms in total. The average molecular weight is 253 g/mol. The minimum atomic E-state index is -0.0321. The fourth-order valence-corrected chi connectivity index (χ4v) is 4.00. The van der Waals surface area contributed by atoms with Crippen molar-refractivity contribution in [3.63, 3.8) is 0 Å². The zero-order chi connectivity index (χ0) is 13.0. The van der Waals surface area contributed by atoms with Gasteiger partial charge in [0.05, 0.1) is 6.10 Å². The Hall–Kier alpha value is -0.0800. The molecule has 0 radical (unpaired) electrons. The molecule has 1 aliphatic carbocycles. The molecule has 0 aromatic heterocycles. The summed E-state index contributed by atoms with van der Waals surface area (Å²) in [6, 6.07) is 0. The van der Waals surface area contributed by atoms with Gasteiger partial charge in [-0.3, -0.25) is 0 Å². The first-order valence-corrected chi connectivity index (χ1v) is 8.09. The van der Waals surface area contributed by atoms with E-state index in [0.717, 1.165) is 24.8 Å². The van der Waals surface area contributed by atoms with E-state index in [1.807, 2.05) is 0 Å². The van der Waals surface area contributed by atoms with Crippen LogP contribution >= 0.6 is 0 Å². The third-order valence-electron chi connectivity index (χ3n) is 4.98. The van der Waals surface area contributed by atoms with Crippen molar-refractivity contribution in [2.45, 2.75) is 64.9 Å². The van der Waals surface area contributed by atoms with E-state index in [1.54, 1.807) is 0 Å². The van der Waals surface area contributed by atoms with Crippen molar-refractivity contribution < 1.29 is 5.11 Å². The number of nitrogens with zero attached hydrogens (tertiary/aromatic N) is 1. The SMILES string of the molecule is CCCC1CCC(O)C(CN2CCCC(C)C2)C1. The van der Waals surface area contributed by atoms with Crippen molar-refractivity contribution in [1.82, 2.24) is 4.90 Å². The lowest BCUT2D eigenvalue weighted by molar-refractivity contribution is 0.0185. The van der Waals surface area contributed by atoms with Gasteiger partial charge in [0.1, 0.15) is 0 Å². The van der Waals surface area contributed by atoms with Crippen LogP contribution in [0.1, 0.15) is 58.8 Å². The largest absolute Gasteiger partial charge is 0.393 e. The van der Waals surface area contributed by atoms with Crippen molar-refractivity contribution in [3.8, 4) is 0 Å². The molecule has 18 heavy (non-hydrogen) atoms. The fourth-order valence-electron chi connectivity index (χ4n) is 4.00. The summed E-state index contributed by atoms with van der Waals surface area (Å²) in [5.41, 5.74) is 0. The van der Waals surface area contributed by atoms with Crippen LogP contribution < -0.4 is 0 Å². The summed E-state index contributed by atoms with van der Waals surface area (Å²) in [5, 5.41) is 10.2. The fraction of sp³-hybridized carbons (Fsp3) is 1.00. The molecule has 1 heterocycles. The number of likely N-dealkylation sites (tertiary alicyclic amines) is 1. The number of piperidine rings is 1. The summed E-state index contributed by atoms with van der Waals surface area (Å²) in [5.74, 6) is 2.28. The van der Waals surface area contributed by atoms with E-state index in [0.29, 0.717) is 5.92 Å². The second-order valence-corrected chi connectivity index (χ2v) is 6.80. The van der Waals surface area contributed by atoms with Crippen LogP contribution in [0.15, 0.2) is 0 Å². The molecule has 0 aromatic carbocycles. The Morgan fingerprint density at radius 2 is 2.06 bits per heavy atom. The first-order valence-electron chi connectivity index (χ1n) is 8.09. The molecule has 1 saturated heterocycles.